The van der Waals surface area contributed by atoms with Crippen LogP contribution in [0.3, 0.4) is 0 Å². The molecule has 0 saturated carbocycles. The fraction of sp³-hybridized carbons (Fsp3) is 0.100. The van der Waals surface area contributed by atoms with Gasteiger partial charge in [-0.3, -0.25) is 14.1 Å². The summed E-state index contributed by atoms with van der Waals surface area (Å²) in [4.78, 5) is 25.6. The maximum atomic E-state index is 11.8. The predicted molar refractivity (Wildman–Crippen MR) is 58.2 cm³/mol. The SMILES string of the molecule is [N-]=[N+]=C1CC(=O)c2c(cccc2S(=O)(=O)O)C1=O. The number of Topliss-reactive ketones (excluding diaryl/α,β-unsaturated/α-hetero) is 2. The van der Waals surface area contributed by atoms with Crippen LogP contribution in [0.15, 0.2) is 23.1 Å². The lowest BCUT2D eigenvalue weighted by Crippen LogP contribution is -2.29. The zero-order valence-electron chi connectivity index (χ0n) is 8.82. The molecule has 0 aliphatic heterocycles. The lowest BCUT2D eigenvalue weighted by Gasteiger charge is -2.13. The lowest BCUT2D eigenvalue weighted by molar-refractivity contribution is -0.00892. The van der Waals surface area contributed by atoms with Gasteiger partial charge in [-0.05, 0) is 12.1 Å². The van der Waals surface area contributed by atoms with Crippen LogP contribution < -0.4 is 0 Å². The van der Waals surface area contributed by atoms with Crippen LogP contribution in [-0.2, 0) is 10.1 Å². The highest BCUT2D eigenvalue weighted by Gasteiger charge is 2.38. The third kappa shape index (κ3) is 1.78. The highest BCUT2D eigenvalue weighted by Crippen LogP contribution is 2.26. The van der Waals surface area contributed by atoms with E-state index in [2.05, 4.69) is 4.79 Å². The number of carbonyl (C=O) groups is 2. The molecular weight excluding hydrogens is 260 g/mol. The van der Waals surface area contributed by atoms with E-state index >= 15 is 0 Å². The normalized spacial score (nSPS) is 15.3. The number of ketones is 2. The zero-order chi connectivity index (χ0) is 13.5. The van der Waals surface area contributed by atoms with E-state index in [1.54, 1.807) is 0 Å². The maximum absolute atomic E-state index is 11.8. The second-order valence-electron chi connectivity index (χ2n) is 3.63. The molecule has 0 fully saturated rings. The Kier molecular flexibility index (Phi) is 2.70. The Morgan fingerprint density at radius 2 is 1.94 bits per heavy atom. The van der Waals surface area contributed by atoms with E-state index in [1.165, 1.54) is 12.1 Å². The van der Waals surface area contributed by atoms with E-state index in [0.29, 0.717) is 0 Å². The van der Waals surface area contributed by atoms with E-state index in [4.69, 9.17) is 10.1 Å². The van der Waals surface area contributed by atoms with Gasteiger partial charge in [0.1, 0.15) is 11.3 Å². The van der Waals surface area contributed by atoms with Crippen molar-refractivity contribution in [3.63, 3.8) is 0 Å². The van der Waals surface area contributed by atoms with Gasteiger partial charge in [0.25, 0.3) is 15.9 Å². The van der Waals surface area contributed by atoms with Gasteiger partial charge in [-0.25, -0.2) is 0 Å². The minimum Gasteiger partial charge on any atom is -0.361 e. The molecule has 0 spiro atoms. The second kappa shape index (κ2) is 3.95. The Morgan fingerprint density at radius 3 is 2.50 bits per heavy atom. The molecule has 1 aliphatic rings. The van der Waals surface area contributed by atoms with E-state index < -0.39 is 33.0 Å². The molecule has 18 heavy (non-hydrogen) atoms. The average molecular weight is 266 g/mol. The van der Waals surface area contributed by atoms with Crippen molar-refractivity contribution in [2.45, 2.75) is 11.3 Å². The standard InChI is InChI=1S/C10H6N2O5S/c11-12-6-4-7(13)9-5(10(6)14)2-1-3-8(9)18(15,16)17/h1-3H,4H2,(H,15,16,17). The first kappa shape index (κ1) is 12.3. The number of hydrogen-bond acceptors (Lipinski definition) is 4. The van der Waals surface area contributed by atoms with Gasteiger partial charge in [0, 0.05) is 5.56 Å². The van der Waals surface area contributed by atoms with Gasteiger partial charge < -0.3 is 5.53 Å². The third-order valence-corrected chi connectivity index (χ3v) is 3.43. The van der Waals surface area contributed by atoms with Crippen LogP contribution in [0.5, 0.6) is 0 Å². The van der Waals surface area contributed by atoms with Crippen molar-refractivity contribution < 1.29 is 27.3 Å². The van der Waals surface area contributed by atoms with Gasteiger partial charge in [0.15, 0.2) is 5.78 Å². The van der Waals surface area contributed by atoms with Crippen molar-refractivity contribution in [1.29, 1.82) is 0 Å². The van der Waals surface area contributed by atoms with Gasteiger partial charge in [-0.2, -0.15) is 13.2 Å². The van der Waals surface area contributed by atoms with E-state index in [1.807, 2.05) is 0 Å². The number of rotatable bonds is 1. The Bertz CT molecular complexity index is 729. The summed E-state index contributed by atoms with van der Waals surface area (Å²) in [6.45, 7) is 0. The van der Waals surface area contributed by atoms with Crippen molar-refractivity contribution >= 4 is 27.4 Å². The van der Waals surface area contributed by atoms with Crippen molar-refractivity contribution in [3.8, 4) is 0 Å². The first-order valence-electron chi connectivity index (χ1n) is 4.75. The van der Waals surface area contributed by atoms with Gasteiger partial charge in [-0.15, -0.1) is 0 Å². The first-order valence-corrected chi connectivity index (χ1v) is 6.19. The molecule has 2 rings (SSSR count). The molecule has 7 nitrogen and oxygen atoms in total. The molecule has 0 heterocycles. The molecule has 0 saturated heterocycles. The van der Waals surface area contributed by atoms with Gasteiger partial charge in [0.05, 0.1) is 5.56 Å². The number of nitrogens with zero attached hydrogens (tertiary/aromatic N) is 2. The van der Waals surface area contributed by atoms with Gasteiger partial charge in [0.2, 0.25) is 0 Å². The predicted octanol–water partition coefficient (Wildman–Crippen LogP) is 0.373. The van der Waals surface area contributed by atoms with E-state index in [0.717, 1.165) is 6.07 Å². The summed E-state index contributed by atoms with van der Waals surface area (Å²) in [5, 5.41) is 0. The van der Waals surface area contributed by atoms with Crippen LogP contribution in [0.4, 0.5) is 0 Å². The molecular formula is C10H6N2O5S. The van der Waals surface area contributed by atoms with Crippen LogP contribution in [0.2, 0.25) is 0 Å². The second-order valence-corrected chi connectivity index (χ2v) is 5.02. The Labute approximate surface area is 101 Å². The lowest BCUT2D eigenvalue weighted by atomic mass is 9.88. The fourth-order valence-corrected chi connectivity index (χ4v) is 2.51. The summed E-state index contributed by atoms with van der Waals surface area (Å²) in [6.07, 6.45) is -0.505. The summed E-state index contributed by atoms with van der Waals surface area (Å²) in [7, 11) is -4.60. The molecule has 0 amide bonds. The molecule has 0 radical (unpaired) electrons. The van der Waals surface area contributed by atoms with E-state index in [-0.39, 0.29) is 16.8 Å². The summed E-state index contributed by atoms with van der Waals surface area (Å²) >= 11 is 0. The van der Waals surface area contributed by atoms with Crippen LogP contribution in [-0.4, -0.2) is 35.0 Å². The summed E-state index contributed by atoms with van der Waals surface area (Å²) in [6, 6.07) is 3.47. The molecule has 0 aromatic heterocycles. The Balaban J connectivity index is 2.84. The summed E-state index contributed by atoms with van der Waals surface area (Å²) in [5.41, 5.74) is 7.66. The minimum absolute atomic E-state index is 0.200. The van der Waals surface area contributed by atoms with Crippen molar-refractivity contribution in [1.82, 2.24) is 0 Å². The third-order valence-electron chi connectivity index (χ3n) is 2.54. The highest BCUT2D eigenvalue weighted by molar-refractivity contribution is 7.86. The first-order chi connectivity index (χ1) is 8.36. The fourth-order valence-electron chi connectivity index (χ4n) is 1.78. The molecule has 8 heteroatoms. The quantitative estimate of drug-likeness (QED) is 0.446. The summed E-state index contributed by atoms with van der Waals surface area (Å²) in [5.74, 6) is -1.44. The molecule has 1 aromatic rings. The average Bonchev–Trinajstić information content (AvgIpc) is 2.31. The van der Waals surface area contributed by atoms with Gasteiger partial charge in [-0.1, -0.05) is 6.07 Å². The molecule has 1 N–H and O–H groups in total. The molecule has 0 unspecified atom stereocenters. The van der Waals surface area contributed by atoms with Crippen LogP contribution in [0.1, 0.15) is 27.1 Å². The van der Waals surface area contributed by atoms with Gasteiger partial charge >= 0.3 is 5.71 Å². The smallest absolute Gasteiger partial charge is 0.347 e. The summed E-state index contributed by atoms with van der Waals surface area (Å²) < 4.78 is 31.2. The molecule has 0 atom stereocenters. The number of hydrogen-bond donors (Lipinski definition) is 1. The number of fused-ring (bicyclic) bond motifs is 1. The molecule has 1 aromatic carbocycles. The van der Waals surface area contributed by atoms with E-state index in [9.17, 15) is 18.0 Å². The Hall–Kier alpha value is -2.15. The van der Waals surface area contributed by atoms with Crippen LogP contribution in [0.25, 0.3) is 5.53 Å². The number of carbonyl (C=O) groups excluding carboxylic acids is 2. The molecule has 1 aliphatic carbocycles. The topological polar surface area (TPSA) is 125 Å². The largest absolute Gasteiger partial charge is 0.361 e. The molecule has 0 bridgehead atoms. The van der Waals surface area contributed by atoms with Crippen LogP contribution >= 0.6 is 0 Å². The highest BCUT2D eigenvalue weighted by atomic mass is 32.2. The van der Waals surface area contributed by atoms with Crippen LogP contribution in [0, 0.1) is 0 Å². The zero-order valence-corrected chi connectivity index (χ0v) is 9.64. The maximum Gasteiger partial charge on any atom is 0.347 e. The van der Waals surface area contributed by atoms with Crippen molar-refractivity contribution in [2.75, 3.05) is 0 Å². The van der Waals surface area contributed by atoms with Crippen molar-refractivity contribution in [2.24, 2.45) is 0 Å². The minimum atomic E-state index is -4.60. The molecule has 92 valence electrons. The van der Waals surface area contributed by atoms with Crippen molar-refractivity contribution in [3.05, 3.63) is 34.9 Å². The number of benzene rings is 1. The monoisotopic (exact) mass is 266 g/mol. The Morgan fingerprint density at radius 1 is 1.28 bits per heavy atom.